The second-order valence-electron chi connectivity index (χ2n) is 6.80. The number of carbonyl (C=O) groups excluding carboxylic acids is 2. The lowest BCUT2D eigenvalue weighted by Crippen LogP contribution is -2.13. The van der Waals surface area contributed by atoms with Crippen molar-refractivity contribution in [3.05, 3.63) is 95.0 Å². The van der Waals surface area contributed by atoms with Crippen LogP contribution in [0.25, 0.3) is 5.70 Å². The van der Waals surface area contributed by atoms with Gasteiger partial charge in [0.15, 0.2) is 0 Å². The Labute approximate surface area is 180 Å². The Morgan fingerprint density at radius 3 is 2.30 bits per heavy atom. The van der Waals surface area contributed by atoms with Crippen molar-refractivity contribution in [1.82, 2.24) is 0 Å². The van der Waals surface area contributed by atoms with Crippen molar-refractivity contribution in [2.75, 3.05) is 16.0 Å². The highest BCUT2D eigenvalue weighted by Gasteiger charge is 2.14. The maximum absolute atomic E-state index is 12.6. The number of nitrogens with one attached hydrogen (secondary N) is 3. The largest absolute Gasteiger partial charge is 0.355 e. The summed E-state index contributed by atoms with van der Waals surface area (Å²) in [7, 11) is 0. The molecule has 0 unspecified atom stereocenters. The molecule has 152 valence electrons. The van der Waals surface area contributed by atoms with Crippen LogP contribution in [0.5, 0.6) is 0 Å². The van der Waals surface area contributed by atoms with E-state index in [0.29, 0.717) is 27.5 Å². The number of halogens is 1. The number of hydrogen-bond acceptors (Lipinski definition) is 3. The first-order valence-corrected chi connectivity index (χ1v) is 9.72. The number of rotatable bonds is 6. The summed E-state index contributed by atoms with van der Waals surface area (Å²) in [4.78, 5) is 24.2. The van der Waals surface area contributed by atoms with E-state index in [4.69, 9.17) is 11.6 Å². The number of carbonyl (C=O) groups is 2. The molecule has 0 spiro atoms. The van der Waals surface area contributed by atoms with Gasteiger partial charge in [0.25, 0.3) is 5.91 Å². The van der Waals surface area contributed by atoms with Crippen molar-refractivity contribution in [3.8, 4) is 0 Å². The fraction of sp³-hybridized carbons (Fsp3) is 0.0833. The van der Waals surface area contributed by atoms with Gasteiger partial charge in [-0.1, -0.05) is 48.5 Å². The smallest absolute Gasteiger partial charge is 0.255 e. The average Bonchev–Trinajstić information content (AvgIpc) is 2.70. The molecule has 3 aromatic rings. The molecule has 6 heteroatoms. The van der Waals surface area contributed by atoms with Crippen molar-refractivity contribution < 1.29 is 9.59 Å². The van der Waals surface area contributed by atoms with Gasteiger partial charge in [-0.3, -0.25) is 9.59 Å². The Hall–Kier alpha value is -3.57. The molecule has 0 fully saturated rings. The minimum absolute atomic E-state index is 0.206. The molecule has 0 aromatic heterocycles. The third-order valence-electron chi connectivity index (χ3n) is 4.44. The van der Waals surface area contributed by atoms with Crippen molar-refractivity contribution in [2.45, 2.75) is 13.8 Å². The Kier molecular flexibility index (Phi) is 6.54. The lowest BCUT2D eigenvalue weighted by Gasteiger charge is -2.18. The van der Waals surface area contributed by atoms with E-state index in [0.717, 1.165) is 16.9 Å². The minimum atomic E-state index is -0.216. The number of anilines is 3. The van der Waals surface area contributed by atoms with Crippen LogP contribution in [-0.2, 0) is 4.79 Å². The van der Waals surface area contributed by atoms with Gasteiger partial charge in [0.1, 0.15) is 0 Å². The van der Waals surface area contributed by atoms with Gasteiger partial charge >= 0.3 is 0 Å². The van der Waals surface area contributed by atoms with Crippen LogP contribution in [0.15, 0.2) is 73.3 Å². The van der Waals surface area contributed by atoms with Gasteiger partial charge in [0, 0.05) is 35.1 Å². The summed E-state index contributed by atoms with van der Waals surface area (Å²) in [5, 5.41) is 9.32. The molecule has 3 N–H and O–H groups in total. The van der Waals surface area contributed by atoms with E-state index in [9.17, 15) is 9.59 Å². The molecule has 0 saturated heterocycles. The summed E-state index contributed by atoms with van der Waals surface area (Å²) >= 11 is 6.37. The van der Waals surface area contributed by atoms with Gasteiger partial charge in [0.05, 0.1) is 10.7 Å². The fourth-order valence-electron chi connectivity index (χ4n) is 2.97. The predicted molar refractivity (Wildman–Crippen MR) is 124 cm³/mol. The fourth-order valence-corrected chi connectivity index (χ4v) is 3.26. The molecule has 0 saturated carbocycles. The molecule has 0 aliphatic rings. The quantitative estimate of drug-likeness (QED) is 0.463. The number of amides is 2. The molecule has 0 radical (unpaired) electrons. The van der Waals surface area contributed by atoms with Gasteiger partial charge in [0.2, 0.25) is 5.91 Å². The van der Waals surface area contributed by atoms with Crippen LogP contribution < -0.4 is 16.0 Å². The van der Waals surface area contributed by atoms with E-state index in [2.05, 4.69) is 22.5 Å². The highest BCUT2D eigenvalue weighted by atomic mass is 35.5. The summed E-state index contributed by atoms with van der Waals surface area (Å²) in [5.41, 5.74) is 4.53. The number of aryl methyl sites for hydroxylation is 1. The van der Waals surface area contributed by atoms with Crippen LogP contribution in [0.3, 0.4) is 0 Å². The number of para-hydroxylation sites is 1. The van der Waals surface area contributed by atoms with Crippen LogP contribution in [0.4, 0.5) is 17.1 Å². The molecule has 0 heterocycles. The summed E-state index contributed by atoms with van der Waals surface area (Å²) < 4.78 is 0. The predicted octanol–water partition coefficient (Wildman–Crippen LogP) is 5.94. The zero-order valence-corrected chi connectivity index (χ0v) is 17.5. The van der Waals surface area contributed by atoms with Crippen molar-refractivity contribution in [1.29, 1.82) is 0 Å². The average molecular weight is 420 g/mol. The van der Waals surface area contributed by atoms with E-state index < -0.39 is 0 Å². The molecule has 5 nitrogen and oxygen atoms in total. The van der Waals surface area contributed by atoms with E-state index in [1.54, 1.807) is 30.3 Å². The first-order chi connectivity index (χ1) is 14.3. The maximum atomic E-state index is 12.6. The summed E-state index contributed by atoms with van der Waals surface area (Å²) in [6.45, 7) is 7.44. The van der Waals surface area contributed by atoms with Gasteiger partial charge < -0.3 is 16.0 Å². The molecule has 3 aromatic carbocycles. The molecule has 0 bridgehead atoms. The molecule has 0 aliphatic carbocycles. The van der Waals surface area contributed by atoms with Crippen LogP contribution >= 0.6 is 11.6 Å². The minimum Gasteiger partial charge on any atom is -0.355 e. The number of hydrogen-bond donors (Lipinski definition) is 3. The van der Waals surface area contributed by atoms with Crippen LogP contribution in [0.2, 0.25) is 5.02 Å². The third kappa shape index (κ3) is 5.07. The molecule has 30 heavy (non-hydrogen) atoms. The normalized spacial score (nSPS) is 10.2. The second-order valence-corrected chi connectivity index (χ2v) is 7.20. The van der Waals surface area contributed by atoms with Crippen LogP contribution in [-0.4, -0.2) is 11.8 Å². The Morgan fingerprint density at radius 2 is 1.60 bits per heavy atom. The Bertz CT molecular complexity index is 1110. The summed E-state index contributed by atoms with van der Waals surface area (Å²) in [6.07, 6.45) is 0. The van der Waals surface area contributed by atoms with E-state index in [-0.39, 0.29) is 11.8 Å². The van der Waals surface area contributed by atoms with Crippen LogP contribution in [0, 0.1) is 6.92 Å². The molecular formula is C24H22ClN3O2. The zero-order valence-electron chi connectivity index (χ0n) is 16.8. The Balaban J connectivity index is 1.85. The van der Waals surface area contributed by atoms with Gasteiger partial charge in [-0.15, -0.1) is 0 Å². The SMILES string of the molecule is C=C(Nc1cc(C(=O)Nc2ccccc2)ccc1C)c1c(Cl)cccc1NC(C)=O. The molecule has 0 atom stereocenters. The topological polar surface area (TPSA) is 70.2 Å². The monoisotopic (exact) mass is 419 g/mol. The zero-order chi connectivity index (χ0) is 21.7. The van der Waals surface area contributed by atoms with E-state index >= 15 is 0 Å². The molecule has 0 aliphatic heterocycles. The van der Waals surface area contributed by atoms with Gasteiger partial charge in [-0.05, 0) is 48.9 Å². The first-order valence-electron chi connectivity index (χ1n) is 9.34. The standard InChI is InChI=1S/C24H22ClN3O2/c1-15-12-13-18(24(30)28-19-8-5-4-6-9-19)14-22(15)26-16(2)23-20(25)10-7-11-21(23)27-17(3)29/h4-14,26H,2H2,1,3H3,(H,27,29)(H,28,30). The van der Waals surface area contributed by atoms with Crippen molar-refractivity contribution in [2.24, 2.45) is 0 Å². The van der Waals surface area contributed by atoms with Crippen molar-refractivity contribution >= 4 is 46.2 Å². The third-order valence-corrected chi connectivity index (χ3v) is 4.76. The van der Waals surface area contributed by atoms with Crippen molar-refractivity contribution in [3.63, 3.8) is 0 Å². The molecule has 3 rings (SSSR count). The Morgan fingerprint density at radius 1 is 0.867 bits per heavy atom. The number of benzene rings is 3. The summed E-state index contributed by atoms with van der Waals surface area (Å²) in [5.74, 6) is -0.423. The lowest BCUT2D eigenvalue weighted by molar-refractivity contribution is -0.114. The lowest BCUT2D eigenvalue weighted by atomic mass is 10.1. The molecular weight excluding hydrogens is 398 g/mol. The van der Waals surface area contributed by atoms with Gasteiger partial charge in [-0.2, -0.15) is 0 Å². The summed E-state index contributed by atoms with van der Waals surface area (Å²) in [6, 6.07) is 19.9. The first kappa shape index (κ1) is 21.1. The van der Waals surface area contributed by atoms with E-state index in [1.165, 1.54) is 6.92 Å². The van der Waals surface area contributed by atoms with Crippen LogP contribution in [0.1, 0.15) is 28.4 Å². The highest BCUT2D eigenvalue weighted by Crippen LogP contribution is 2.32. The maximum Gasteiger partial charge on any atom is 0.255 e. The van der Waals surface area contributed by atoms with Gasteiger partial charge in [-0.25, -0.2) is 0 Å². The second kappa shape index (κ2) is 9.29. The van der Waals surface area contributed by atoms with E-state index in [1.807, 2.05) is 43.3 Å². The molecule has 2 amide bonds. The highest BCUT2D eigenvalue weighted by molar-refractivity contribution is 6.33.